The molecule has 0 radical (unpaired) electrons. The summed E-state index contributed by atoms with van der Waals surface area (Å²) in [6.07, 6.45) is 3.52. The van der Waals surface area contributed by atoms with E-state index < -0.39 is 5.97 Å². The molecule has 3 aromatic heterocycles. The summed E-state index contributed by atoms with van der Waals surface area (Å²) in [4.78, 5) is 23.6. The number of fused-ring (bicyclic) bond motifs is 1. The topological polar surface area (TPSA) is 67.9 Å². The van der Waals surface area contributed by atoms with Gasteiger partial charge in [0.1, 0.15) is 0 Å². The monoisotopic (exact) mass is 267 g/mol. The molecule has 0 saturated heterocycles. The standard InChI is InChI=1S/C15H13N3O2/c1-9-12(11-5-3-4-7-16-11)10-6-8-17-13(10)14(18-9)15(19)20-2/h3-8,17H,1-2H3. The van der Waals surface area contributed by atoms with Gasteiger partial charge in [0.2, 0.25) is 0 Å². The Labute approximate surface area is 115 Å². The normalized spacial score (nSPS) is 10.7. The van der Waals surface area contributed by atoms with Crippen molar-refractivity contribution in [3.05, 3.63) is 48.0 Å². The molecule has 1 N–H and O–H groups in total. The van der Waals surface area contributed by atoms with Gasteiger partial charge in [0.25, 0.3) is 0 Å². The quantitative estimate of drug-likeness (QED) is 0.725. The third kappa shape index (κ3) is 1.84. The van der Waals surface area contributed by atoms with Crippen molar-refractivity contribution >= 4 is 16.9 Å². The maximum absolute atomic E-state index is 11.8. The Morgan fingerprint density at radius 2 is 2.15 bits per heavy atom. The van der Waals surface area contributed by atoms with Crippen LogP contribution in [0.1, 0.15) is 16.2 Å². The van der Waals surface area contributed by atoms with Crippen LogP contribution in [0.3, 0.4) is 0 Å². The molecule has 0 aliphatic heterocycles. The fourth-order valence-corrected chi connectivity index (χ4v) is 2.33. The highest BCUT2D eigenvalue weighted by Gasteiger charge is 2.19. The number of nitrogens with one attached hydrogen (secondary N) is 1. The molecule has 0 bridgehead atoms. The molecule has 0 fully saturated rings. The van der Waals surface area contributed by atoms with Crippen LogP contribution < -0.4 is 0 Å². The van der Waals surface area contributed by atoms with Gasteiger partial charge in [-0.2, -0.15) is 0 Å². The van der Waals surface area contributed by atoms with Crippen molar-refractivity contribution in [3.8, 4) is 11.3 Å². The Bertz CT molecular complexity index is 778. The number of hydrogen-bond donors (Lipinski definition) is 1. The second kappa shape index (κ2) is 4.77. The molecule has 0 amide bonds. The van der Waals surface area contributed by atoms with Crippen molar-refractivity contribution in [1.29, 1.82) is 0 Å². The zero-order valence-electron chi connectivity index (χ0n) is 11.2. The first-order chi connectivity index (χ1) is 9.72. The van der Waals surface area contributed by atoms with E-state index in [0.29, 0.717) is 11.2 Å². The predicted molar refractivity (Wildman–Crippen MR) is 75.4 cm³/mol. The predicted octanol–water partition coefficient (Wildman–Crippen LogP) is 2.72. The second-order valence-electron chi connectivity index (χ2n) is 4.39. The number of aromatic amines is 1. The highest BCUT2D eigenvalue weighted by Crippen LogP contribution is 2.30. The SMILES string of the molecule is COC(=O)c1nc(C)c(-c2ccccn2)c2cc[nH]c12. The van der Waals surface area contributed by atoms with Crippen molar-refractivity contribution in [3.63, 3.8) is 0 Å². The van der Waals surface area contributed by atoms with E-state index in [1.807, 2.05) is 31.2 Å². The average Bonchev–Trinajstić information content (AvgIpc) is 2.95. The molecule has 0 aromatic carbocycles. The molecule has 0 atom stereocenters. The zero-order valence-corrected chi connectivity index (χ0v) is 11.2. The number of nitrogens with zero attached hydrogens (tertiary/aromatic N) is 2. The van der Waals surface area contributed by atoms with E-state index >= 15 is 0 Å². The molecule has 0 aliphatic rings. The highest BCUT2D eigenvalue weighted by atomic mass is 16.5. The van der Waals surface area contributed by atoms with Gasteiger partial charge < -0.3 is 9.72 Å². The van der Waals surface area contributed by atoms with Gasteiger partial charge in [0.15, 0.2) is 5.69 Å². The lowest BCUT2D eigenvalue weighted by Gasteiger charge is -2.09. The van der Waals surface area contributed by atoms with E-state index in [1.54, 1.807) is 12.4 Å². The largest absolute Gasteiger partial charge is 0.464 e. The molecule has 5 nitrogen and oxygen atoms in total. The molecule has 0 saturated carbocycles. The molecule has 3 aromatic rings. The first-order valence-corrected chi connectivity index (χ1v) is 6.19. The lowest BCUT2D eigenvalue weighted by molar-refractivity contribution is 0.0596. The molecule has 0 aliphatic carbocycles. The fraction of sp³-hybridized carbons (Fsp3) is 0.133. The molecular weight excluding hydrogens is 254 g/mol. The minimum absolute atomic E-state index is 0.296. The van der Waals surface area contributed by atoms with Crippen LogP contribution in [0.5, 0.6) is 0 Å². The fourth-order valence-electron chi connectivity index (χ4n) is 2.33. The second-order valence-corrected chi connectivity index (χ2v) is 4.39. The summed E-state index contributed by atoms with van der Waals surface area (Å²) in [6, 6.07) is 7.63. The number of hydrogen-bond acceptors (Lipinski definition) is 4. The number of ether oxygens (including phenoxy) is 1. The number of rotatable bonds is 2. The van der Waals surface area contributed by atoms with Gasteiger partial charge in [0, 0.05) is 29.0 Å². The van der Waals surface area contributed by atoms with Gasteiger partial charge in [0.05, 0.1) is 18.3 Å². The maximum Gasteiger partial charge on any atom is 0.358 e. The molecule has 20 heavy (non-hydrogen) atoms. The number of carbonyl (C=O) groups excluding carboxylic acids is 1. The van der Waals surface area contributed by atoms with Crippen LogP contribution in [0.15, 0.2) is 36.7 Å². The number of aryl methyl sites for hydroxylation is 1. The summed E-state index contributed by atoms with van der Waals surface area (Å²) in [7, 11) is 1.35. The maximum atomic E-state index is 11.8. The molecule has 0 unspecified atom stereocenters. The molecule has 3 rings (SSSR count). The lowest BCUT2D eigenvalue weighted by atomic mass is 10.0. The van der Waals surface area contributed by atoms with E-state index in [1.165, 1.54) is 7.11 Å². The number of H-pyrrole nitrogens is 1. The van der Waals surface area contributed by atoms with E-state index in [0.717, 1.165) is 22.3 Å². The Balaban J connectivity index is 2.33. The van der Waals surface area contributed by atoms with Crippen LogP contribution in [0.25, 0.3) is 22.2 Å². The van der Waals surface area contributed by atoms with E-state index in [9.17, 15) is 4.79 Å². The zero-order chi connectivity index (χ0) is 14.1. The number of pyridine rings is 2. The summed E-state index contributed by atoms with van der Waals surface area (Å²) in [5.74, 6) is -0.451. The Kier molecular flexibility index (Phi) is 2.95. The van der Waals surface area contributed by atoms with Gasteiger partial charge >= 0.3 is 5.97 Å². The van der Waals surface area contributed by atoms with E-state index in [2.05, 4.69) is 15.0 Å². The molecule has 3 heterocycles. The number of aromatic nitrogens is 3. The lowest BCUT2D eigenvalue weighted by Crippen LogP contribution is -2.07. The van der Waals surface area contributed by atoms with Crippen LogP contribution >= 0.6 is 0 Å². The van der Waals surface area contributed by atoms with Crippen LogP contribution in [0, 0.1) is 6.92 Å². The van der Waals surface area contributed by atoms with Gasteiger partial charge in [-0.05, 0) is 25.1 Å². The van der Waals surface area contributed by atoms with Crippen molar-refractivity contribution in [2.24, 2.45) is 0 Å². The highest BCUT2D eigenvalue weighted by molar-refractivity contribution is 6.06. The van der Waals surface area contributed by atoms with Crippen LogP contribution in [0.2, 0.25) is 0 Å². The third-order valence-electron chi connectivity index (χ3n) is 3.19. The summed E-state index contributed by atoms with van der Waals surface area (Å²) in [5.41, 5.74) is 3.47. The first-order valence-electron chi connectivity index (χ1n) is 6.19. The summed E-state index contributed by atoms with van der Waals surface area (Å²) in [6.45, 7) is 1.86. The summed E-state index contributed by atoms with van der Waals surface area (Å²) in [5, 5.41) is 0.914. The minimum atomic E-state index is -0.451. The molecule has 5 heteroatoms. The smallest absolute Gasteiger partial charge is 0.358 e. The van der Waals surface area contributed by atoms with Gasteiger partial charge in [-0.3, -0.25) is 4.98 Å². The average molecular weight is 267 g/mol. The van der Waals surface area contributed by atoms with Gasteiger partial charge in [-0.25, -0.2) is 9.78 Å². The number of carbonyl (C=O) groups is 1. The summed E-state index contributed by atoms with van der Waals surface area (Å²) < 4.78 is 4.78. The molecule has 100 valence electrons. The molecular formula is C15H13N3O2. The molecule has 0 spiro atoms. The van der Waals surface area contributed by atoms with Crippen LogP contribution in [-0.4, -0.2) is 28.0 Å². The van der Waals surface area contributed by atoms with Gasteiger partial charge in [-0.15, -0.1) is 0 Å². The van der Waals surface area contributed by atoms with E-state index in [-0.39, 0.29) is 0 Å². The van der Waals surface area contributed by atoms with Crippen molar-refractivity contribution in [2.75, 3.05) is 7.11 Å². The Morgan fingerprint density at radius 3 is 2.85 bits per heavy atom. The van der Waals surface area contributed by atoms with Crippen molar-refractivity contribution < 1.29 is 9.53 Å². The third-order valence-corrected chi connectivity index (χ3v) is 3.19. The van der Waals surface area contributed by atoms with Gasteiger partial charge in [-0.1, -0.05) is 6.07 Å². The Hall–Kier alpha value is -2.69. The van der Waals surface area contributed by atoms with Crippen molar-refractivity contribution in [1.82, 2.24) is 15.0 Å². The number of esters is 1. The first kappa shape index (κ1) is 12.3. The van der Waals surface area contributed by atoms with E-state index in [4.69, 9.17) is 4.74 Å². The summed E-state index contributed by atoms with van der Waals surface area (Å²) >= 11 is 0. The van der Waals surface area contributed by atoms with Crippen molar-refractivity contribution in [2.45, 2.75) is 6.92 Å². The van der Waals surface area contributed by atoms with Crippen LogP contribution in [-0.2, 0) is 4.74 Å². The number of methoxy groups -OCH3 is 1. The minimum Gasteiger partial charge on any atom is -0.464 e. The van der Waals surface area contributed by atoms with Crippen LogP contribution in [0.4, 0.5) is 0 Å². The Morgan fingerprint density at radius 1 is 1.30 bits per heavy atom.